The molecule has 0 aromatic carbocycles. The van der Waals surface area contributed by atoms with Gasteiger partial charge in [-0.15, -0.1) is 0 Å². The molecule has 7 heteroatoms. The molecule has 0 atom stereocenters. The number of phosphoric acid groups is 1. The van der Waals surface area contributed by atoms with Crippen molar-refractivity contribution in [2.45, 2.75) is 0 Å². The van der Waals surface area contributed by atoms with Crippen molar-refractivity contribution in [2.75, 3.05) is 0 Å². The molecule has 0 saturated carbocycles. The maximum Gasteiger partial charge on any atom is 3.00 e. The summed E-state index contributed by atoms with van der Waals surface area (Å²) >= 11 is 0. The van der Waals surface area contributed by atoms with Gasteiger partial charge in [-0.25, -0.2) is 0 Å². The fourth-order valence-electron chi connectivity index (χ4n) is 0. The molecule has 0 rings (SSSR count). The molecule has 7 heavy (non-hydrogen) atoms. The van der Waals surface area contributed by atoms with Gasteiger partial charge < -0.3 is 19.2 Å². The molecule has 0 saturated heterocycles. The van der Waals surface area contributed by atoms with E-state index in [2.05, 4.69) is 0 Å². The van der Waals surface area contributed by atoms with Gasteiger partial charge in [0.25, 0.3) is 0 Å². The van der Waals surface area contributed by atoms with E-state index in [-0.39, 0.29) is 62.2 Å². The van der Waals surface area contributed by atoms with E-state index in [9.17, 15) is 0 Å². The SMILES string of the molecule is O=P([O-])([O-])[O-].[Ca+2].[Sb+3]. The average molecular weight is 257 g/mol. The van der Waals surface area contributed by atoms with E-state index in [4.69, 9.17) is 19.2 Å². The number of hydrogen-bond donors (Lipinski definition) is 0. The molecule has 0 aromatic rings. The van der Waals surface area contributed by atoms with Crippen LogP contribution >= 0.6 is 7.82 Å². The van der Waals surface area contributed by atoms with Crippen LogP contribution in [0.4, 0.5) is 0 Å². The Morgan fingerprint density at radius 2 is 1.14 bits per heavy atom. The van der Waals surface area contributed by atoms with E-state index >= 15 is 0 Å². The van der Waals surface area contributed by atoms with Crippen LogP contribution in [0, 0.1) is 0 Å². The Kier molecular flexibility index (Phi) is 14.5. The zero-order valence-corrected chi connectivity index (χ0v) is 8.89. The van der Waals surface area contributed by atoms with E-state index in [0.29, 0.717) is 0 Å². The van der Waals surface area contributed by atoms with Crippen molar-refractivity contribution in [1.29, 1.82) is 0 Å². The summed E-state index contributed by atoms with van der Waals surface area (Å²) in [6.45, 7) is 0. The first-order chi connectivity index (χ1) is 2.00. The maximum absolute atomic E-state index is 8.55. The third-order valence-electron chi connectivity index (χ3n) is 0. The topological polar surface area (TPSA) is 86.2 Å². The van der Waals surface area contributed by atoms with Crippen LogP contribution in [0.1, 0.15) is 0 Å². The first-order valence-electron chi connectivity index (χ1n) is 0.730. The summed E-state index contributed by atoms with van der Waals surface area (Å²) in [5, 5.41) is 0. The third kappa shape index (κ3) is 65.5. The molecule has 0 aromatic heterocycles. The van der Waals surface area contributed by atoms with Crippen molar-refractivity contribution >= 4 is 70.0 Å². The summed E-state index contributed by atoms with van der Waals surface area (Å²) in [7, 11) is -5.39. The molecule has 0 bridgehead atoms. The van der Waals surface area contributed by atoms with Crippen molar-refractivity contribution in [2.24, 2.45) is 0 Å². The Balaban J connectivity index is -0.0000000800. The van der Waals surface area contributed by atoms with Crippen LogP contribution in [-0.2, 0) is 4.57 Å². The molecule has 4 nitrogen and oxygen atoms in total. The minimum absolute atomic E-state index is 0. The van der Waals surface area contributed by atoms with Gasteiger partial charge in [-0.05, 0) is 0 Å². The molecule has 2 radical (unpaired) electrons. The molecule has 0 amide bonds. The molecule has 0 unspecified atom stereocenters. The first-order valence-corrected chi connectivity index (χ1v) is 2.19. The molecule has 0 aliphatic rings. The van der Waals surface area contributed by atoms with E-state index in [1.54, 1.807) is 0 Å². The normalized spacial score (nSPS) is 8.43. The second-order valence-corrected chi connectivity index (χ2v) is 1.34. The Bertz CT molecular complexity index is 57.8. The van der Waals surface area contributed by atoms with Crippen LogP contribution in [0.25, 0.3) is 0 Å². The van der Waals surface area contributed by atoms with Gasteiger partial charge in [-0.3, -0.25) is 0 Å². The van der Waals surface area contributed by atoms with Gasteiger partial charge >= 0.3 is 62.2 Å². The summed E-state index contributed by atoms with van der Waals surface area (Å²) in [6, 6.07) is 0. The second-order valence-electron chi connectivity index (χ2n) is 0.447. The molecule has 0 fully saturated rings. The van der Waals surface area contributed by atoms with Crippen molar-refractivity contribution in [3.63, 3.8) is 0 Å². The molecule has 0 heterocycles. The van der Waals surface area contributed by atoms with Crippen LogP contribution in [0.5, 0.6) is 0 Å². The predicted octanol–water partition coefficient (Wildman–Crippen LogP) is -3.59. The fourth-order valence-corrected chi connectivity index (χ4v) is 0. The van der Waals surface area contributed by atoms with Crippen LogP contribution in [0.3, 0.4) is 0 Å². The van der Waals surface area contributed by atoms with Crippen LogP contribution < -0.4 is 14.7 Å². The Morgan fingerprint density at radius 1 is 1.14 bits per heavy atom. The summed E-state index contributed by atoms with van der Waals surface area (Å²) in [5.41, 5.74) is 0. The zero-order valence-electron chi connectivity index (χ0n) is 3.23. The summed E-state index contributed by atoms with van der Waals surface area (Å²) in [6.07, 6.45) is 0. The molecular formula is CaO4PSb+2. The fraction of sp³-hybridized carbons (Fsp3) is 0. The van der Waals surface area contributed by atoms with Gasteiger partial charge in [0.2, 0.25) is 0 Å². The van der Waals surface area contributed by atoms with Gasteiger partial charge in [-0.1, -0.05) is 0 Å². The van der Waals surface area contributed by atoms with Gasteiger partial charge in [-0.2, -0.15) is 7.82 Å². The first kappa shape index (κ1) is 16.1. The zero-order chi connectivity index (χ0) is 4.50. The van der Waals surface area contributed by atoms with Crippen molar-refractivity contribution in [1.82, 2.24) is 0 Å². The van der Waals surface area contributed by atoms with E-state index in [1.807, 2.05) is 0 Å². The average Bonchev–Trinajstić information content (AvgIpc) is 0.722. The second kappa shape index (κ2) is 6.31. The van der Waals surface area contributed by atoms with Gasteiger partial charge in [0.1, 0.15) is 0 Å². The quantitative estimate of drug-likeness (QED) is 0.331. The molecule has 0 N–H and O–H groups in total. The smallest absolute Gasteiger partial charge is 0.822 e. The Labute approximate surface area is 88.0 Å². The van der Waals surface area contributed by atoms with E-state index in [0.717, 1.165) is 0 Å². The molecule has 34 valence electrons. The summed E-state index contributed by atoms with van der Waals surface area (Å²) in [5.74, 6) is 0. The molecule has 0 spiro atoms. The minimum atomic E-state index is -5.39. The van der Waals surface area contributed by atoms with Crippen LogP contribution in [0.15, 0.2) is 0 Å². The monoisotopic (exact) mass is 256 g/mol. The predicted molar refractivity (Wildman–Crippen MR) is 19.1 cm³/mol. The van der Waals surface area contributed by atoms with Crippen molar-refractivity contribution in [3.8, 4) is 0 Å². The number of rotatable bonds is 0. The van der Waals surface area contributed by atoms with Crippen molar-refractivity contribution in [3.05, 3.63) is 0 Å². The maximum atomic E-state index is 8.55. The molecule has 0 aliphatic heterocycles. The van der Waals surface area contributed by atoms with Crippen LogP contribution in [0.2, 0.25) is 0 Å². The largest absolute Gasteiger partial charge is 3.00 e. The van der Waals surface area contributed by atoms with Gasteiger partial charge in [0.15, 0.2) is 0 Å². The van der Waals surface area contributed by atoms with E-state index < -0.39 is 7.82 Å². The Hall–Kier alpha value is 2.19. The van der Waals surface area contributed by atoms with Gasteiger partial charge in [0.05, 0.1) is 0 Å². The summed E-state index contributed by atoms with van der Waals surface area (Å²) < 4.78 is 8.55. The molecular weight excluding hydrogens is 257 g/mol. The minimum Gasteiger partial charge on any atom is -0.822 e. The summed E-state index contributed by atoms with van der Waals surface area (Å²) in [4.78, 5) is 25.6. The Morgan fingerprint density at radius 3 is 1.14 bits per heavy atom. The van der Waals surface area contributed by atoms with Crippen molar-refractivity contribution < 1.29 is 19.2 Å². The standard InChI is InChI=1S/Ca.H3O4P.Sb/c;1-5(2,3)4;/h;(H3,1,2,3,4);/q+2;;+3/p-3. The van der Waals surface area contributed by atoms with E-state index in [1.165, 1.54) is 0 Å². The number of hydrogen-bond acceptors (Lipinski definition) is 4. The third-order valence-corrected chi connectivity index (χ3v) is 0. The van der Waals surface area contributed by atoms with Gasteiger partial charge in [0, 0.05) is 0 Å². The van der Waals surface area contributed by atoms with Crippen LogP contribution in [-0.4, -0.2) is 62.2 Å². The molecule has 0 aliphatic carbocycles.